The molecule has 0 radical (unpaired) electrons. The summed E-state index contributed by atoms with van der Waals surface area (Å²) in [5.41, 5.74) is 3.65. The van der Waals surface area contributed by atoms with Gasteiger partial charge in [-0.3, -0.25) is 4.90 Å². The molecule has 5 nitrogen and oxygen atoms in total. The second-order valence-corrected chi connectivity index (χ2v) is 5.67. The summed E-state index contributed by atoms with van der Waals surface area (Å²) in [6.45, 7) is 4.79. The number of hydrogen-bond acceptors (Lipinski definition) is 4. The maximum atomic E-state index is 5.29. The molecular weight excluding hydrogens is 240 g/mol. The Morgan fingerprint density at radius 1 is 1.42 bits per heavy atom. The number of rotatable bonds is 3. The summed E-state index contributed by atoms with van der Waals surface area (Å²) in [4.78, 5) is 6.97. The fourth-order valence-electron chi connectivity index (χ4n) is 2.90. The van der Waals surface area contributed by atoms with Crippen LogP contribution in [-0.4, -0.2) is 26.2 Å². The summed E-state index contributed by atoms with van der Waals surface area (Å²) in [7, 11) is 0. The van der Waals surface area contributed by atoms with Crippen LogP contribution in [-0.2, 0) is 19.5 Å². The van der Waals surface area contributed by atoms with E-state index in [2.05, 4.69) is 19.6 Å². The van der Waals surface area contributed by atoms with E-state index in [-0.39, 0.29) is 0 Å². The molecule has 1 aliphatic carbocycles. The van der Waals surface area contributed by atoms with Gasteiger partial charge in [0.2, 0.25) is 0 Å². The van der Waals surface area contributed by atoms with Gasteiger partial charge in [0.15, 0.2) is 5.76 Å². The van der Waals surface area contributed by atoms with Crippen molar-refractivity contribution in [3.05, 3.63) is 35.2 Å². The average molecular weight is 258 g/mol. The molecule has 2 aliphatic rings. The molecule has 0 unspecified atom stereocenters. The van der Waals surface area contributed by atoms with Gasteiger partial charge in [0.25, 0.3) is 0 Å². The molecule has 5 heteroatoms. The van der Waals surface area contributed by atoms with Gasteiger partial charge in [0.05, 0.1) is 24.3 Å². The first-order chi connectivity index (χ1) is 9.29. The van der Waals surface area contributed by atoms with Gasteiger partial charge >= 0.3 is 0 Å². The van der Waals surface area contributed by atoms with Crippen LogP contribution in [0.1, 0.15) is 41.7 Å². The minimum atomic E-state index is 0.736. The second kappa shape index (κ2) is 4.20. The first-order valence-electron chi connectivity index (χ1n) is 6.99. The standard InChI is InChI=1S/C14H18N4O/c1-10-6-12(19-16-10)7-17-5-4-14-13(8-17)15-9-18(14)11-2-3-11/h6,9,11H,2-5,7-8H2,1H3. The van der Waals surface area contributed by atoms with E-state index in [9.17, 15) is 0 Å². The molecule has 0 N–H and O–H groups in total. The number of imidazole rings is 1. The van der Waals surface area contributed by atoms with Crippen LogP contribution < -0.4 is 0 Å². The number of aromatic nitrogens is 3. The fourth-order valence-corrected chi connectivity index (χ4v) is 2.90. The highest BCUT2D eigenvalue weighted by molar-refractivity contribution is 5.19. The van der Waals surface area contributed by atoms with Gasteiger partial charge < -0.3 is 9.09 Å². The van der Waals surface area contributed by atoms with Gasteiger partial charge in [-0.05, 0) is 19.8 Å². The van der Waals surface area contributed by atoms with Gasteiger partial charge in [0, 0.05) is 37.3 Å². The van der Waals surface area contributed by atoms with Crippen LogP contribution in [0.5, 0.6) is 0 Å². The van der Waals surface area contributed by atoms with Crippen molar-refractivity contribution in [3.8, 4) is 0 Å². The fraction of sp³-hybridized carbons (Fsp3) is 0.571. The summed E-state index contributed by atoms with van der Waals surface area (Å²) < 4.78 is 7.69. The van der Waals surface area contributed by atoms with Crippen LogP contribution in [0.2, 0.25) is 0 Å². The van der Waals surface area contributed by atoms with Crippen molar-refractivity contribution in [2.45, 2.75) is 45.3 Å². The minimum absolute atomic E-state index is 0.736. The third kappa shape index (κ3) is 2.08. The molecule has 0 spiro atoms. The first-order valence-corrected chi connectivity index (χ1v) is 6.99. The molecule has 1 fully saturated rings. The van der Waals surface area contributed by atoms with Gasteiger partial charge in [0.1, 0.15) is 0 Å². The van der Waals surface area contributed by atoms with Crippen LogP contribution >= 0.6 is 0 Å². The quantitative estimate of drug-likeness (QED) is 0.845. The summed E-state index contributed by atoms with van der Waals surface area (Å²) in [5.74, 6) is 0.947. The molecule has 0 aromatic carbocycles. The van der Waals surface area contributed by atoms with Gasteiger partial charge in [-0.25, -0.2) is 4.98 Å². The highest BCUT2D eigenvalue weighted by Gasteiger charge is 2.29. The molecule has 100 valence electrons. The van der Waals surface area contributed by atoms with Crippen molar-refractivity contribution in [2.24, 2.45) is 0 Å². The van der Waals surface area contributed by atoms with Crippen molar-refractivity contribution in [1.29, 1.82) is 0 Å². The number of hydrogen-bond donors (Lipinski definition) is 0. The Balaban J connectivity index is 1.49. The summed E-state index contributed by atoms with van der Waals surface area (Å²) in [6, 6.07) is 2.75. The lowest BCUT2D eigenvalue weighted by Gasteiger charge is -2.25. The van der Waals surface area contributed by atoms with Gasteiger partial charge in [-0.2, -0.15) is 0 Å². The highest BCUT2D eigenvalue weighted by Crippen LogP contribution is 2.37. The zero-order valence-corrected chi connectivity index (χ0v) is 11.2. The minimum Gasteiger partial charge on any atom is -0.360 e. The van der Waals surface area contributed by atoms with Crippen molar-refractivity contribution in [2.75, 3.05) is 6.54 Å². The van der Waals surface area contributed by atoms with Crippen LogP contribution in [0.3, 0.4) is 0 Å². The maximum Gasteiger partial charge on any atom is 0.150 e. The average Bonchev–Trinajstić information content (AvgIpc) is 3.04. The molecule has 2 aromatic heterocycles. The summed E-state index contributed by atoms with van der Waals surface area (Å²) in [6.07, 6.45) is 5.77. The topological polar surface area (TPSA) is 47.1 Å². The van der Waals surface area contributed by atoms with Crippen molar-refractivity contribution < 1.29 is 4.52 Å². The Kier molecular flexibility index (Phi) is 2.48. The van der Waals surface area contributed by atoms with E-state index in [1.165, 1.54) is 24.2 Å². The van der Waals surface area contributed by atoms with E-state index >= 15 is 0 Å². The van der Waals surface area contributed by atoms with Crippen LogP contribution in [0, 0.1) is 6.92 Å². The third-order valence-corrected chi connectivity index (χ3v) is 4.02. The molecule has 3 heterocycles. The number of aryl methyl sites for hydroxylation is 1. The van der Waals surface area contributed by atoms with Gasteiger partial charge in [-0.15, -0.1) is 0 Å². The lowest BCUT2D eigenvalue weighted by Crippen LogP contribution is -2.30. The highest BCUT2D eigenvalue weighted by atomic mass is 16.5. The zero-order valence-electron chi connectivity index (χ0n) is 11.2. The Morgan fingerprint density at radius 3 is 3.05 bits per heavy atom. The van der Waals surface area contributed by atoms with E-state index in [4.69, 9.17) is 4.52 Å². The Morgan fingerprint density at radius 2 is 2.32 bits per heavy atom. The van der Waals surface area contributed by atoms with Crippen LogP contribution in [0.4, 0.5) is 0 Å². The molecule has 0 amide bonds. The summed E-state index contributed by atoms with van der Waals surface area (Å²) >= 11 is 0. The molecular formula is C14H18N4O. The first kappa shape index (κ1) is 11.2. The van der Waals surface area contributed by atoms with Gasteiger partial charge in [-0.1, -0.05) is 5.16 Å². The molecule has 2 aromatic rings. The summed E-state index contributed by atoms with van der Waals surface area (Å²) in [5, 5.41) is 3.94. The Hall–Kier alpha value is -1.62. The monoisotopic (exact) mass is 258 g/mol. The smallest absolute Gasteiger partial charge is 0.150 e. The SMILES string of the molecule is Cc1cc(CN2CCc3c(ncn3C3CC3)C2)on1. The third-order valence-electron chi connectivity index (χ3n) is 4.02. The molecule has 4 rings (SSSR count). The van der Waals surface area contributed by atoms with E-state index in [0.29, 0.717) is 0 Å². The molecule has 0 atom stereocenters. The molecule has 19 heavy (non-hydrogen) atoms. The van der Waals surface area contributed by atoms with Crippen molar-refractivity contribution in [3.63, 3.8) is 0 Å². The Labute approximate surface area is 112 Å². The Bertz CT molecular complexity index is 596. The molecule has 1 saturated carbocycles. The van der Waals surface area contributed by atoms with E-state index in [1.54, 1.807) is 0 Å². The van der Waals surface area contributed by atoms with E-state index in [1.807, 2.05) is 19.3 Å². The van der Waals surface area contributed by atoms with Crippen LogP contribution in [0.25, 0.3) is 0 Å². The van der Waals surface area contributed by atoms with E-state index < -0.39 is 0 Å². The lowest BCUT2D eigenvalue weighted by atomic mass is 10.1. The molecule has 1 aliphatic heterocycles. The lowest BCUT2D eigenvalue weighted by molar-refractivity contribution is 0.210. The largest absolute Gasteiger partial charge is 0.360 e. The molecule has 0 bridgehead atoms. The van der Waals surface area contributed by atoms with Crippen molar-refractivity contribution >= 4 is 0 Å². The maximum absolute atomic E-state index is 5.29. The van der Waals surface area contributed by atoms with Crippen molar-refractivity contribution in [1.82, 2.24) is 19.6 Å². The predicted molar refractivity (Wildman–Crippen MR) is 69.6 cm³/mol. The normalized spacial score (nSPS) is 19.6. The predicted octanol–water partition coefficient (Wildman–Crippen LogP) is 2.07. The zero-order chi connectivity index (χ0) is 12.8. The second-order valence-electron chi connectivity index (χ2n) is 5.67. The molecule has 0 saturated heterocycles. The number of nitrogens with zero attached hydrogens (tertiary/aromatic N) is 4. The number of fused-ring (bicyclic) bond motifs is 1. The van der Waals surface area contributed by atoms with Crippen LogP contribution in [0.15, 0.2) is 16.9 Å². The van der Waals surface area contributed by atoms with E-state index in [0.717, 1.165) is 43.6 Å².